The highest BCUT2D eigenvalue weighted by Gasteiger charge is 2.19. The number of nitrogens with two attached hydrogens (primary N) is 1. The standard InChI is InChI=1S/C14H17FN2O2S/c1-8(6-7-19-2)17-14(18)13-12(16)11-9(15)4-3-5-10(11)20-13/h3-5,8H,6-7,16H2,1-2H3,(H,17,18). The number of hydrogen-bond donors (Lipinski definition) is 2. The minimum atomic E-state index is -0.400. The van der Waals surface area contributed by atoms with Gasteiger partial charge in [0.2, 0.25) is 0 Å². The monoisotopic (exact) mass is 296 g/mol. The Morgan fingerprint density at radius 1 is 1.55 bits per heavy atom. The van der Waals surface area contributed by atoms with Crippen LogP contribution in [0.4, 0.5) is 10.1 Å². The van der Waals surface area contributed by atoms with Crippen LogP contribution in [-0.2, 0) is 4.74 Å². The van der Waals surface area contributed by atoms with Crippen LogP contribution in [0.25, 0.3) is 10.1 Å². The Morgan fingerprint density at radius 3 is 2.95 bits per heavy atom. The number of rotatable bonds is 5. The summed E-state index contributed by atoms with van der Waals surface area (Å²) in [6, 6.07) is 4.67. The molecule has 0 saturated carbocycles. The van der Waals surface area contributed by atoms with E-state index in [1.165, 1.54) is 17.4 Å². The van der Waals surface area contributed by atoms with Gasteiger partial charge < -0.3 is 15.8 Å². The van der Waals surface area contributed by atoms with E-state index in [0.29, 0.717) is 28.0 Å². The number of carbonyl (C=O) groups excluding carboxylic acids is 1. The minimum Gasteiger partial charge on any atom is -0.397 e. The smallest absolute Gasteiger partial charge is 0.263 e. The maximum absolute atomic E-state index is 13.7. The molecule has 0 radical (unpaired) electrons. The van der Waals surface area contributed by atoms with Crippen molar-refractivity contribution in [3.63, 3.8) is 0 Å². The van der Waals surface area contributed by atoms with E-state index in [0.717, 1.165) is 0 Å². The second-order valence-electron chi connectivity index (χ2n) is 4.61. The lowest BCUT2D eigenvalue weighted by Crippen LogP contribution is -2.33. The Morgan fingerprint density at radius 2 is 2.30 bits per heavy atom. The van der Waals surface area contributed by atoms with E-state index in [1.54, 1.807) is 19.2 Å². The van der Waals surface area contributed by atoms with Crippen LogP contribution in [0.5, 0.6) is 0 Å². The molecule has 20 heavy (non-hydrogen) atoms. The van der Waals surface area contributed by atoms with E-state index < -0.39 is 5.82 Å². The molecule has 1 atom stereocenters. The second kappa shape index (κ2) is 6.19. The number of methoxy groups -OCH3 is 1. The molecule has 0 spiro atoms. The van der Waals surface area contributed by atoms with Crippen molar-refractivity contribution in [2.24, 2.45) is 0 Å². The number of benzene rings is 1. The number of halogens is 1. The first-order chi connectivity index (χ1) is 9.54. The van der Waals surface area contributed by atoms with Crippen molar-refractivity contribution in [3.05, 3.63) is 28.9 Å². The van der Waals surface area contributed by atoms with Crippen LogP contribution in [0.1, 0.15) is 23.0 Å². The summed E-state index contributed by atoms with van der Waals surface area (Å²) in [6.45, 7) is 2.46. The van der Waals surface area contributed by atoms with E-state index in [4.69, 9.17) is 10.5 Å². The molecule has 0 aliphatic heterocycles. The Bertz CT molecular complexity index is 627. The molecule has 2 rings (SSSR count). The topological polar surface area (TPSA) is 64.3 Å². The van der Waals surface area contributed by atoms with Crippen molar-refractivity contribution >= 4 is 33.0 Å². The number of nitrogens with one attached hydrogen (secondary N) is 1. The van der Waals surface area contributed by atoms with E-state index in [9.17, 15) is 9.18 Å². The van der Waals surface area contributed by atoms with E-state index in [2.05, 4.69) is 5.32 Å². The van der Waals surface area contributed by atoms with Crippen LogP contribution in [0.3, 0.4) is 0 Å². The summed E-state index contributed by atoms with van der Waals surface area (Å²) in [4.78, 5) is 12.5. The Hall–Kier alpha value is -1.66. The number of ether oxygens (including phenoxy) is 1. The molecule has 0 bridgehead atoms. The molecule has 0 saturated heterocycles. The van der Waals surface area contributed by atoms with Crippen LogP contribution in [0, 0.1) is 5.82 Å². The predicted molar refractivity (Wildman–Crippen MR) is 79.6 cm³/mol. The lowest BCUT2D eigenvalue weighted by molar-refractivity contribution is 0.0934. The fourth-order valence-corrected chi connectivity index (χ4v) is 2.99. The van der Waals surface area contributed by atoms with Crippen molar-refractivity contribution in [1.82, 2.24) is 5.32 Å². The molecule has 6 heteroatoms. The summed E-state index contributed by atoms with van der Waals surface area (Å²) in [6.07, 6.45) is 0.710. The molecule has 1 heterocycles. The van der Waals surface area contributed by atoms with E-state index >= 15 is 0 Å². The van der Waals surface area contributed by atoms with Crippen molar-refractivity contribution in [2.75, 3.05) is 19.5 Å². The molecule has 108 valence electrons. The molecule has 1 aromatic heterocycles. The molecule has 1 amide bonds. The van der Waals surface area contributed by atoms with Crippen LogP contribution in [-0.4, -0.2) is 25.7 Å². The number of carbonyl (C=O) groups is 1. The van der Waals surface area contributed by atoms with Gasteiger partial charge in [-0.15, -0.1) is 11.3 Å². The zero-order chi connectivity index (χ0) is 14.7. The van der Waals surface area contributed by atoms with E-state index in [-0.39, 0.29) is 17.6 Å². The third-order valence-electron chi connectivity index (χ3n) is 3.04. The lowest BCUT2D eigenvalue weighted by Gasteiger charge is -2.12. The molecule has 0 aliphatic rings. The third-order valence-corrected chi connectivity index (χ3v) is 4.21. The zero-order valence-electron chi connectivity index (χ0n) is 11.4. The average Bonchev–Trinajstić information content (AvgIpc) is 2.75. The molecule has 0 aliphatic carbocycles. The number of thiophene rings is 1. The first-order valence-electron chi connectivity index (χ1n) is 6.31. The molecule has 1 unspecified atom stereocenters. The molecule has 4 nitrogen and oxygen atoms in total. The lowest BCUT2D eigenvalue weighted by atomic mass is 10.2. The van der Waals surface area contributed by atoms with Gasteiger partial charge in [0.05, 0.1) is 11.1 Å². The third kappa shape index (κ3) is 2.91. The van der Waals surface area contributed by atoms with Gasteiger partial charge in [-0.25, -0.2) is 4.39 Å². The largest absolute Gasteiger partial charge is 0.397 e. The molecule has 3 N–H and O–H groups in total. The highest BCUT2D eigenvalue weighted by Crippen LogP contribution is 2.35. The first kappa shape index (κ1) is 14.7. The van der Waals surface area contributed by atoms with Gasteiger partial charge in [0.1, 0.15) is 10.7 Å². The Kier molecular flexibility index (Phi) is 4.57. The highest BCUT2D eigenvalue weighted by molar-refractivity contribution is 7.21. The number of fused-ring (bicyclic) bond motifs is 1. The molecule has 0 fully saturated rings. The SMILES string of the molecule is COCCC(C)NC(=O)c1sc2cccc(F)c2c1N. The van der Waals surface area contributed by atoms with Gasteiger partial charge in [0.25, 0.3) is 5.91 Å². The van der Waals surface area contributed by atoms with Crippen molar-refractivity contribution in [3.8, 4) is 0 Å². The quantitative estimate of drug-likeness (QED) is 0.891. The summed E-state index contributed by atoms with van der Waals surface area (Å²) in [5.74, 6) is -0.672. The molecule has 2 aromatic rings. The molecular formula is C14H17FN2O2S. The summed E-state index contributed by atoms with van der Waals surface area (Å²) >= 11 is 1.20. The molecular weight excluding hydrogens is 279 g/mol. The number of hydrogen-bond acceptors (Lipinski definition) is 4. The van der Waals surface area contributed by atoms with Gasteiger partial charge in [0.15, 0.2) is 0 Å². The van der Waals surface area contributed by atoms with Crippen LogP contribution in [0.15, 0.2) is 18.2 Å². The van der Waals surface area contributed by atoms with Gasteiger partial charge in [0, 0.05) is 24.5 Å². The summed E-state index contributed by atoms with van der Waals surface area (Å²) in [5, 5.41) is 3.17. The Balaban J connectivity index is 2.22. The van der Waals surface area contributed by atoms with Crippen molar-refractivity contribution in [1.29, 1.82) is 0 Å². The van der Waals surface area contributed by atoms with Crippen molar-refractivity contribution < 1.29 is 13.9 Å². The van der Waals surface area contributed by atoms with Crippen molar-refractivity contribution in [2.45, 2.75) is 19.4 Å². The highest BCUT2D eigenvalue weighted by atomic mass is 32.1. The second-order valence-corrected chi connectivity index (χ2v) is 5.67. The minimum absolute atomic E-state index is 0.0306. The predicted octanol–water partition coefficient (Wildman–Crippen LogP) is 2.78. The van der Waals surface area contributed by atoms with Gasteiger partial charge in [-0.3, -0.25) is 4.79 Å². The molecule has 1 aromatic carbocycles. The first-order valence-corrected chi connectivity index (χ1v) is 7.12. The summed E-state index contributed by atoms with van der Waals surface area (Å²) < 4.78 is 19.4. The van der Waals surface area contributed by atoms with Gasteiger partial charge in [-0.05, 0) is 25.5 Å². The van der Waals surface area contributed by atoms with Crippen LogP contribution < -0.4 is 11.1 Å². The van der Waals surface area contributed by atoms with Gasteiger partial charge in [-0.2, -0.15) is 0 Å². The summed E-state index contributed by atoms with van der Waals surface area (Å²) in [7, 11) is 1.61. The summed E-state index contributed by atoms with van der Waals surface area (Å²) in [5.41, 5.74) is 6.11. The number of nitrogen functional groups attached to an aromatic ring is 1. The van der Waals surface area contributed by atoms with Gasteiger partial charge in [-0.1, -0.05) is 6.07 Å². The normalized spacial score (nSPS) is 12.6. The van der Waals surface area contributed by atoms with E-state index in [1.807, 2.05) is 6.92 Å². The Labute approximate surface area is 120 Å². The van der Waals surface area contributed by atoms with Gasteiger partial charge >= 0.3 is 0 Å². The zero-order valence-corrected chi connectivity index (χ0v) is 12.2. The maximum atomic E-state index is 13.7. The van der Waals surface area contributed by atoms with Crippen LogP contribution >= 0.6 is 11.3 Å². The number of amides is 1. The van der Waals surface area contributed by atoms with Crippen LogP contribution in [0.2, 0.25) is 0 Å². The fourth-order valence-electron chi connectivity index (χ4n) is 1.95. The fraction of sp³-hybridized carbons (Fsp3) is 0.357. The number of anilines is 1. The maximum Gasteiger partial charge on any atom is 0.263 e. The average molecular weight is 296 g/mol.